The maximum Gasteiger partial charge on any atom is 0.251 e. The van der Waals surface area contributed by atoms with Crippen molar-refractivity contribution in [2.24, 2.45) is 0 Å². The van der Waals surface area contributed by atoms with Gasteiger partial charge in [-0.1, -0.05) is 18.2 Å². The highest BCUT2D eigenvalue weighted by molar-refractivity contribution is 5.95. The molecule has 0 spiro atoms. The molecule has 0 aliphatic carbocycles. The zero-order valence-electron chi connectivity index (χ0n) is 12.8. The number of nitrogens with one attached hydrogen (secondary N) is 2. The first kappa shape index (κ1) is 15.6. The Morgan fingerprint density at radius 2 is 2.05 bits per heavy atom. The third-order valence-corrected chi connectivity index (χ3v) is 3.41. The molecule has 0 unspecified atom stereocenters. The summed E-state index contributed by atoms with van der Waals surface area (Å²) in [4.78, 5) is 23.3. The average Bonchev–Trinajstić information content (AvgIpc) is 2.52. The van der Waals surface area contributed by atoms with Crippen LogP contribution < -0.4 is 10.6 Å². The van der Waals surface area contributed by atoms with E-state index in [0.717, 1.165) is 11.3 Å². The van der Waals surface area contributed by atoms with Crippen molar-refractivity contribution >= 4 is 11.8 Å². The minimum Gasteiger partial charge on any atom is -0.496 e. The second-order valence-electron chi connectivity index (χ2n) is 4.97. The molecular weight excluding hydrogens is 280 g/mol. The molecule has 1 amide bonds. The van der Waals surface area contributed by atoms with Crippen LogP contribution in [0.2, 0.25) is 0 Å². The topological polar surface area (TPSA) is 67.4 Å². The number of aryl methyl sites for hydroxylation is 1. The van der Waals surface area contributed by atoms with Crippen LogP contribution in [0.3, 0.4) is 0 Å². The number of carbonyl (C=O) groups excluding carboxylic acids is 2. The highest BCUT2D eigenvalue weighted by Gasteiger charge is 2.19. The predicted octanol–water partition coefficient (Wildman–Crippen LogP) is 1.85. The van der Waals surface area contributed by atoms with Crippen LogP contribution in [-0.4, -0.2) is 25.5 Å². The van der Waals surface area contributed by atoms with Crippen molar-refractivity contribution in [3.05, 3.63) is 64.2 Å². The molecule has 2 rings (SSSR count). The summed E-state index contributed by atoms with van der Waals surface area (Å²) in [5.41, 5.74) is 3.13. The standard InChI is InChI=1S/C17H18N2O3/c1-11-6-4-5-7-13(11)17(21)18-9-14-15(10-20)19-12(2)8-16(14)22-3/h4-8,19H,9H2,1-3H3,(H,18,21). The Balaban J connectivity index is 2.20. The van der Waals surface area contributed by atoms with Crippen LogP contribution in [0, 0.1) is 6.92 Å². The van der Waals surface area contributed by atoms with Crippen molar-refractivity contribution in [1.29, 1.82) is 0 Å². The van der Waals surface area contributed by atoms with Gasteiger partial charge >= 0.3 is 0 Å². The maximum absolute atomic E-state index is 12.2. The summed E-state index contributed by atoms with van der Waals surface area (Å²) >= 11 is 0. The third kappa shape index (κ3) is 3.27. The first-order valence-corrected chi connectivity index (χ1v) is 6.88. The zero-order chi connectivity index (χ0) is 16.1. The molecule has 1 aromatic rings. The Bertz CT molecular complexity index is 710. The minimum atomic E-state index is -0.197. The number of benzene rings is 1. The Morgan fingerprint density at radius 3 is 2.68 bits per heavy atom. The molecule has 0 fully saturated rings. The molecular formula is C17H18N2O3. The number of methoxy groups -OCH3 is 1. The number of amides is 1. The fourth-order valence-electron chi connectivity index (χ4n) is 2.25. The van der Waals surface area contributed by atoms with Crippen molar-refractivity contribution in [3.8, 4) is 0 Å². The second kappa shape index (κ2) is 6.78. The lowest BCUT2D eigenvalue weighted by molar-refractivity contribution is 0.0956. The normalized spacial score (nSPS) is 14.0. The van der Waals surface area contributed by atoms with Crippen LogP contribution in [0.25, 0.3) is 0 Å². The number of dihydropyridines is 1. The highest BCUT2D eigenvalue weighted by Crippen LogP contribution is 2.19. The van der Waals surface area contributed by atoms with Crippen molar-refractivity contribution in [2.75, 3.05) is 13.7 Å². The Labute approximate surface area is 129 Å². The van der Waals surface area contributed by atoms with Gasteiger partial charge in [0, 0.05) is 23.4 Å². The van der Waals surface area contributed by atoms with Gasteiger partial charge in [-0.05, 0) is 31.6 Å². The maximum atomic E-state index is 12.2. The van der Waals surface area contributed by atoms with Gasteiger partial charge < -0.3 is 15.4 Å². The van der Waals surface area contributed by atoms with E-state index in [1.807, 2.05) is 38.0 Å². The Hall–Kier alpha value is -2.78. The molecule has 0 saturated carbocycles. The van der Waals surface area contributed by atoms with Crippen molar-refractivity contribution in [1.82, 2.24) is 10.6 Å². The smallest absolute Gasteiger partial charge is 0.251 e. The van der Waals surface area contributed by atoms with Gasteiger partial charge in [0.2, 0.25) is 0 Å². The van der Waals surface area contributed by atoms with E-state index in [1.54, 1.807) is 12.1 Å². The van der Waals surface area contributed by atoms with Crippen LogP contribution in [0.5, 0.6) is 0 Å². The number of ether oxygens (including phenoxy) is 1. The van der Waals surface area contributed by atoms with E-state index >= 15 is 0 Å². The van der Waals surface area contributed by atoms with Crippen LogP contribution in [0.15, 0.2) is 53.1 Å². The van der Waals surface area contributed by atoms with E-state index in [1.165, 1.54) is 7.11 Å². The molecule has 22 heavy (non-hydrogen) atoms. The summed E-state index contributed by atoms with van der Waals surface area (Å²) in [6.07, 6.45) is 1.77. The van der Waals surface area contributed by atoms with Crippen molar-refractivity contribution < 1.29 is 14.3 Å². The fourth-order valence-corrected chi connectivity index (χ4v) is 2.25. The minimum absolute atomic E-state index is 0.178. The van der Waals surface area contributed by atoms with Gasteiger partial charge in [-0.25, -0.2) is 4.79 Å². The van der Waals surface area contributed by atoms with Crippen LogP contribution in [0.1, 0.15) is 22.8 Å². The monoisotopic (exact) mass is 298 g/mol. The molecule has 0 bridgehead atoms. The number of hydrogen-bond donors (Lipinski definition) is 2. The van der Waals surface area contributed by atoms with Crippen molar-refractivity contribution in [3.63, 3.8) is 0 Å². The SMILES string of the molecule is COC1=C(CNC(=O)c2ccccc2C)C(=C=O)NC(C)=C1. The molecule has 0 atom stereocenters. The van der Waals surface area contributed by atoms with E-state index in [-0.39, 0.29) is 18.1 Å². The number of carbonyl (C=O) groups is 1. The average molecular weight is 298 g/mol. The van der Waals surface area contributed by atoms with E-state index in [4.69, 9.17) is 4.74 Å². The third-order valence-electron chi connectivity index (χ3n) is 3.41. The Morgan fingerprint density at radius 1 is 1.32 bits per heavy atom. The van der Waals surface area contributed by atoms with Crippen LogP contribution in [0.4, 0.5) is 0 Å². The highest BCUT2D eigenvalue weighted by atomic mass is 16.5. The van der Waals surface area contributed by atoms with E-state index in [2.05, 4.69) is 10.6 Å². The molecule has 0 radical (unpaired) electrons. The molecule has 1 aromatic carbocycles. The molecule has 1 aliphatic rings. The molecule has 0 aromatic heterocycles. The summed E-state index contributed by atoms with van der Waals surface area (Å²) < 4.78 is 5.28. The van der Waals surface area contributed by atoms with Gasteiger partial charge in [0.05, 0.1) is 7.11 Å². The zero-order valence-corrected chi connectivity index (χ0v) is 12.8. The van der Waals surface area contributed by atoms with Gasteiger partial charge in [0.25, 0.3) is 5.91 Å². The molecule has 2 N–H and O–H groups in total. The van der Waals surface area contributed by atoms with E-state index in [0.29, 0.717) is 16.9 Å². The molecule has 1 aliphatic heterocycles. The summed E-state index contributed by atoms with van der Waals surface area (Å²) in [6.45, 7) is 3.87. The lowest BCUT2D eigenvalue weighted by Gasteiger charge is -2.20. The molecule has 5 heteroatoms. The van der Waals surface area contributed by atoms with Crippen LogP contribution >= 0.6 is 0 Å². The quantitative estimate of drug-likeness (QED) is 0.833. The number of allylic oxidation sites excluding steroid dienone is 2. The predicted molar refractivity (Wildman–Crippen MR) is 83.6 cm³/mol. The fraction of sp³-hybridized carbons (Fsp3) is 0.235. The van der Waals surface area contributed by atoms with E-state index < -0.39 is 0 Å². The summed E-state index contributed by atoms with van der Waals surface area (Å²) in [5.74, 6) is 2.19. The lowest BCUT2D eigenvalue weighted by Crippen LogP contribution is -2.31. The first-order chi connectivity index (χ1) is 10.6. The number of hydrogen-bond acceptors (Lipinski definition) is 4. The second-order valence-corrected chi connectivity index (χ2v) is 4.97. The summed E-state index contributed by atoms with van der Waals surface area (Å²) in [7, 11) is 1.52. The van der Waals surface area contributed by atoms with Crippen LogP contribution in [-0.2, 0) is 9.53 Å². The van der Waals surface area contributed by atoms with Gasteiger partial charge in [-0.2, -0.15) is 0 Å². The van der Waals surface area contributed by atoms with E-state index in [9.17, 15) is 9.59 Å². The molecule has 1 heterocycles. The first-order valence-electron chi connectivity index (χ1n) is 6.88. The van der Waals surface area contributed by atoms with Gasteiger partial charge in [-0.3, -0.25) is 4.79 Å². The molecule has 0 saturated heterocycles. The largest absolute Gasteiger partial charge is 0.496 e. The van der Waals surface area contributed by atoms with Crippen molar-refractivity contribution in [2.45, 2.75) is 13.8 Å². The molecule has 114 valence electrons. The summed E-state index contributed by atoms with van der Waals surface area (Å²) in [6, 6.07) is 7.33. The van der Waals surface area contributed by atoms with Gasteiger partial charge in [0.15, 0.2) is 5.94 Å². The number of rotatable bonds is 4. The Kier molecular flexibility index (Phi) is 4.81. The van der Waals surface area contributed by atoms with Gasteiger partial charge in [0.1, 0.15) is 11.5 Å². The lowest BCUT2D eigenvalue weighted by atomic mass is 10.1. The van der Waals surface area contributed by atoms with Gasteiger partial charge in [-0.15, -0.1) is 0 Å². The molecule has 5 nitrogen and oxygen atoms in total. The summed E-state index contributed by atoms with van der Waals surface area (Å²) in [5, 5.41) is 5.73.